The Labute approximate surface area is 165 Å². The standard InChI is InChI=1S/C20H16ClN5O2/c21-15-8-13(9-17-19(15)28-7-6-27-17)11-22-18-10-16(14-4-2-1-3-5-14)25-20-23-12-24-26(18)20/h1-5,8-10,12,22H,6-7,11H2. The van der Waals surface area contributed by atoms with Gasteiger partial charge < -0.3 is 14.8 Å². The predicted molar refractivity (Wildman–Crippen MR) is 106 cm³/mol. The number of rotatable bonds is 4. The van der Waals surface area contributed by atoms with Gasteiger partial charge in [0.1, 0.15) is 25.4 Å². The molecular weight excluding hydrogens is 378 g/mol. The zero-order valence-electron chi connectivity index (χ0n) is 14.8. The number of anilines is 1. The van der Waals surface area contributed by atoms with Crippen LogP contribution in [0.1, 0.15) is 5.56 Å². The van der Waals surface area contributed by atoms with Gasteiger partial charge in [-0.1, -0.05) is 41.9 Å². The molecule has 0 aliphatic carbocycles. The number of aromatic nitrogens is 4. The van der Waals surface area contributed by atoms with Crippen LogP contribution >= 0.6 is 11.6 Å². The summed E-state index contributed by atoms with van der Waals surface area (Å²) in [7, 11) is 0. The maximum Gasteiger partial charge on any atom is 0.254 e. The Kier molecular flexibility index (Phi) is 4.21. The first kappa shape index (κ1) is 16.8. The van der Waals surface area contributed by atoms with Gasteiger partial charge in [0.15, 0.2) is 11.5 Å². The summed E-state index contributed by atoms with van der Waals surface area (Å²) >= 11 is 6.34. The lowest BCUT2D eigenvalue weighted by atomic mass is 10.1. The highest BCUT2D eigenvalue weighted by Gasteiger charge is 2.17. The van der Waals surface area contributed by atoms with E-state index in [1.807, 2.05) is 48.5 Å². The molecule has 0 saturated carbocycles. The van der Waals surface area contributed by atoms with Crippen LogP contribution in [-0.2, 0) is 6.54 Å². The summed E-state index contributed by atoms with van der Waals surface area (Å²) in [6.45, 7) is 1.56. The van der Waals surface area contributed by atoms with Crippen LogP contribution in [0.4, 0.5) is 5.82 Å². The first-order chi connectivity index (χ1) is 13.8. The molecule has 28 heavy (non-hydrogen) atoms. The van der Waals surface area contributed by atoms with Crippen molar-refractivity contribution in [2.45, 2.75) is 6.54 Å². The number of hydrogen-bond donors (Lipinski definition) is 1. The van der Waals surface area contributed by atoms with Crippen LogP contribution in [0.3, 0.4) is 0 Å². The molecule has 140 valence electrons. The molecule has 0 unspecified atom stereocenters. The highest BCUT2D eigenvalue weighted by molar-refractivity contribution is 6.32. The molecule has 0 saturated heterocycles. The van der Waals surface area contributed by atoms with Crippen LogP contribution in [0, 0.1) is 0 Å². The first-order valence-electron chi connectivity index (χ1n) is 8.86. The molecule has 0 radical (unpaired) electrons. The van der Waals surface area contributed by atoms with Gasteiger partial charge in [0.25, 0.3) is 5.78 Å². The van der Waals surface area contributed by atoms with E-state index < -0.39 is 0 Å². The third-order valence-electron chi connectivity index (χ3n) is 4.45. The third kappa shape index (κ3) is 3.10. The molecule has 2 aromatic carbocycles. The fourth-order valence-electron chi connectivity index (χ4n) is 3.15. The van der Waals surface area contributed by atoms with Crippen LogP contribution in [0.2, 0.25) is 5.02 Å². The topological polar surface area (TPSA) is 73.6 Å². The van der Waals surface area contributed by atoms with Gasteiger partial charge in [0.2, 0.25) is 0 Å². The van der Waals surface area contributed by atoms with Crippen molar-refractivity contribution in [2.75, 3.05) is 18.5 Å². The van der Waals surface area contributed by atoms with Crippen LogP contribution in [-0.4, -0.2) is 32.8 Å². The number of fused-ring (bicyclic) bond motifs is 2. The molecule has 0 spiro atoms. The molecular formula is C20H16ClN5O2. The van der Waals surface area contributed by atoms with Gasteiger partial charge in [-0.25, -0.2) is 4.98 Å². The van der Waals surface area contributed by atoms with Crippen molar-refractivity contribution in [3.8, 4) is 22.8 Å². The van der Waals surface area contributed by atoms with Crippen LogP contribution < -0.4 is 14.8 Å². The van der Waals surface area contributed by atoms with Crippen molar-refractivity contribution in [1.82, 2.24) is 19.6 Å². The number of nitrogens with zero attached hydrogens (tertiary/aromatic N) is 4. The van der Waals surface area contributed by atoms with Crippen molar-refractivity contribution in [3.63, 3.8) is 0 Å². The highest BCUT2D eigenvalue weighted by atomic mass is 35.5. The molecule has 7 nitrogen and oxygen atoms in total. The third-order valence-corrected chi connectivity index (χ3v) is 4.73. The second kappa shape index (κ2) is 7.01. The lowest BCUT2D eigenvalue weighted by molar-refractivity contribution is 0.171. The predicted octanol–water partition coefficient (Wildman–Crippen LogP) is 3.83. The van der Waals surface area contributed by atoms with Crippen molar-refractivity contribution in [2.24, 2.45) is 0 Å². The van der Waals surface area contributed by atoms with Gasteiger partial charge in [-0.15, -0.1) is 0 Å². The Morgan fingerprint density at radius 2 is 1.93 bits per heavy atom. The van der Waals surface area contributed by atoms with Crippen LogP contribution in [0.5, 0.6) is 11.5 Å². The van der Waals surface area contributed by atoms with E-state index in [2.05, 4.69) is 20.4 Å². The second-order valence-corrected chi connectivity index (χ2v) is 6.73. The van der Waals surface area contributed by atoms with Crippen molar-refractivity contribution in [1.29, 1.82) is 0 Å². The van der Waals surface area contributed by atoms with E-state index in [-0.39, 0.29) is 0 Å². The van der Waals surface area contributed by atoms with Gasteiger partial charge in [0, 0.05) is 18.2 Å². The van der Waals surface area contributed by atoms with Crippen LogP contribution in [0.15, 0.2) is 54.9 Å². The maximum atomic E-state index is 6.34. The van der Waals surface area contributed by atoms with E-state index in [0.717, 1.165) is 22.6 Å². The monoisotopic (exact) mass is 393 g/mol. The fraction of sp³-hybridized carbons (Fsp3) is 0.150. The highest BCUT2D eigenvalue weighted by Crippen LogP contribution is 2.38. The Morgan fingerprint density at radius 1 is 1.07 bits per heavy atom. The summed E-state index contributed by atoms with van der Waals surface area (Å²) in [6.07, 6.45) is 1.49. The number of ether oxygens (including phenoxy) is 2. The Hall–Kier alpha value is -3.32. The summed E-state index contributed by atoms with van der Waals surface area (Å²) in [5.41, 5.74) is 2.81. The second-order valence-electron chi connectivity index (χ2n) is 6.32. The van der Waals surface area contributed by atoms with Crippen molar-refractivity contribution in [3.05, 3.63) is 65.4 Å². The Balaban J connectivity index is 1.47. The zero-order valence-corrected chi connectivity index (χ0v) is 15.6. The van der Waals surface area contributed by atoms with E-state index in [9.17, 15) is 0 Å². The molecule has 0 amide bonds. The molecule has 8 heteroatoms. The molecule has 1 aliphatic heterocycles. The van der Waals surface area contributed by atoms with Crippen molar-refractivity contribution < 1.29 is 9.47 Å². The zero-order chi connectivity index (χ0) is 18.9. The summed E-state index contributed by atoms with van der Waals surface area (Å²) in [4.78, 5) is 8.82. The van der Waals surface area contributed by atoms with Gasteiger partial charge in [-0.05, 0) is 17.7 Å². The SMILES string of the molecule is Clc1cc(CNc2cc(-c3ccccc3)nc3ncnn23)cc2c1OCCO2. The average molecular weight is 394 g/mol. The van der Waals surface area contributed by atoms with Crippen molar-refractivity contribution >= 4 is 23.2 Å². The minimum Gasteiger partial charge on any atom is -0.486 e. The number of hydrogen-bond acceptors (Lipinski definition) is 6. The summed E-state index contributed by atoms with van der Waals surface area (Å²) in [5, 5.41) is 8.20. The minimum atomic E-state index is 0.508. The molecule has 0 atom stereocenters. The fourth-order valence-corrected chi connectivity index (χ4v) is 3.44. The Morgan fingerprint density at radius 3 is 2.82 bits per heavy atom. The Bertz CT molecular complexity index is 1150. The quantitative estimate of drug-likeness (QED) is 0.568. The summed E-state index contributed by atoms with van der Waals surface area (Å²) in [6, 6.07) is 15.7. The smallest absolute Gasteiger partial charge is 0.254 e. The lowest BCUT2D eigenvalue weighted by Gasteiger charge is -2.20. The average Bonchev–Trinajstić information content (AvgIpc) is 3.21. The molecule has 1 aliphatic rings. The van der Waals surface area contributed by atoms with E-state index in [1.54, 1.807) is 4.52 Å². The normalized spacial score (nSPS) is 12.9. The number of benzene rings is 2. The first-order valence-corrected chi connectivity index (χ1v) is 9.24. The molecule has 1 N–H and O–H groups in total. The van der Waals surface area contributed by atoms with Gasteiger partial charge >= 0.3 is 0 Å². The lowest BCUT2D eigenvalue weighted by Crippen LogP contribution is -2.16. The molecule has 3 heterocycles. The molecule has 0 fully saturated rings. The maximum absolute atomic E-state index is 6.34. The summed E-state index contributed by atoms with van der Waals surface area (Å²) < 4.78 is 12.9. The summed E-state index contributed by atoms with van der Waals surface area (Å²) in [5.74, 6) is 2.59. The molecule has 0 bridgehead atoms. The van der Waals surface area contributed by atoms with Gasteiger partial charge in [0.05, 0.1) is 10.7 Å². The molecule has 4 aromatic rings. The van der Waals surface area contributed by atoms with E-state index >= 15 is 0 Å². The van der Waals surface area contributed by atoms with Crippen LogP contribution in [0.25, 0.3) is 17.0 Å². The molecule has 2 aromatic heterocycles. The molecule has 5 rings (SSSR count). The van der Waals surface area contributed by atoms with E-state index in [1.165, 1.54) is 6.33 Å². The van der Waals surface area contributed by atoms with E-state index in [4.69, 9.17) is 21.1 Å². The number of nitrogens with one attached hydrogen (secondary N) is 1. The minimum absolute atomic E-state index is 0.508. The van der Waals surface area contributed by atoms with Gasteiger partial charge in [-0.3, -0.25) is 0 Å². The van der Waals surface area contributed by atoms with E-state index in [0.29, 0.717) is 42.1 Å². The number of halogens is 1. The van der Waals surface area contributed by atoms with Gasteiger partial charge in [-0.2, -0.15) is 14.6 Å². The largest absolute Gasteiger partial charge is 0.486 e.